The van der Waals surface area contributed by atoms with Crippen LogP contribution in [0.5, 0.6) is 5.75 Å². The zero-order chi connectivity index (χ0) is 22.2. The molecule has 166 valence electrons. The number of carbonyl (C=O) groups is 2. The predicted octanol–water partition coefficient (Wildman–Crippen LogP) is 2.43. The van der Waals surface area contributed by atoms with Gasteiger partial charge in [-0.05, 0) is 62.5 Å². The molecule has 0 saturated carbocycles. The molecule has 1 aliphatic rings. The van der Waals surface area contributed by atoms with Crippen LogP contribution in [0.2, 0.25) is 0 Å². The molecule has 0 spiro atoms. The van der Waals surface area contributed by atoms with E-state index in [1.54, 1.807) is 50.2 Å². The van der Waals surface area contributed by atoms with Gasteiger partial charge in [-0.25, -0.2) is 0 Å². The van der Waals surface area contributed by atoms with E-state index in [9.17, 15) is 9.59 Å². The lowest BCUT2D eigenvalue weighted by atomic mass is 10.2. The van der Waals surface area contributed by atoms with Crippen LogP contribution in [0, 0.1) is 0 Å². The fourth-order valence-corrected chi connectivity index (χ4v) is 3.26. The fraction of sp³-hybridized carbons (Fsp3) is 0.391. The van der Waals surface area contributed by atoms with Crippen LogP contribution in [-0.2, 0) is 14.3 Å². The lowest BCUT2D eigenvalue weighted by molar-refractivity contribution is -0.122. The van der Waals surface area contributed by atoms with Crippen molar-refractivity contribution in [3.8, 4) is 5.75 Å². The molecule has 0 radical (unpaired) electrons. The van der Waals surface area contributed by atoms with Crippen molar-refractivity contribution in [2.24, 2.45) is 0 Å². The summed E-state index contributed by atoms with van der Waals surface area (Å²) in [4.78, 5) is 28.9. The number of ether oxygens (including phenoxy) is 2. The summed E-state index contributed by atoms with van der Waals surface area (Å²) in [6.07, 6.45) is 0. The Morgan fingerprint density at radius 3 is 2.23 bits per heavy atom. The third kappa shape index (κ3) is 6.44. The molecule has 1 atom stereocenters. The molecule has 1 heterocycles. The quantitative estimate of drug-likeness (QED) is 0.675. The van der Waals surface area contributed by atoms with Crippen molar-refractivity contribution in [2.45, 2.75) is 13.0 Å². The highest BCUT2D eigenvalue weighted by Gasteiger charge is 2.20. The number of amides is 2. The lowest BCUT2D eigenvalue weighted by Gasteiger charge is -2.29. The number of carbonyl (C=O) groups excluding carboxylic acids is 2. The molecule has 0 bridgehead atoms. The van der Waals surface area contributed by atoms with Gasteiger partial charge in [0.2, 0.25) is 11.8 Å². The Kier molecular flexibility index (Phi) is 7.86. The van der Waals surface area contributed by atoms with Crippen molar-refractivity contribution < 1.29 is 19.1 Å². The van der Waals surface area contributed by atoms with Crippen LogP contribution < -0.4 is 20.3 Å². The van der Waals surface area contributed by atoms with E-state index in [-0.39, 0.29) is 18.4 Å². The minimum atomic E-state index is -0.472. The highest BCUT2D eigenvalue weighted by atomic mass is 16.5. The molecule has 2 amide bonds. The smallest absolute Gasteiger partial charge is 0.241 e. The molecule has 0 aliphatic carbocycles. The highest BCUT2D eigenvalue weighted by Crippen LogP contribution is 2.19. The monoisotopic (exact) mass is 426 g/mol. The lowest BCUT2D eigenvalue weighted by Crippen LogP contribution is -2.43. The van der Waals surface area contributed by atoms with Crippen LogP contribution in [0.15, 0.2) is 48.5 Å². The number of hydrogen-bond donors (Lipinski definition) is 2. The Balaban J connectivity index is 1.48. The van der Waals surface area contributed by atoms with Gasteiger partial charge in [0, 0.05) is 30.2 Å². The molecule has 8 nitrogen and oxygen atoms in total. The number of nitrogens with one attached hydrogen (secondary N) is 2. The summed E-state index contributed by atoms with van der Waals surface area (Å²) >= 11 is 0. The van der Waals surface area contributed by atoms with Crippen LogP contribution in [-0.4, -0.2) is 69.8 Å². The maximum Gasteiger partial charge on any atom is 0.241 e. The van der Waals surface area contributed by atoms with Gasteiger partial charge in [-0.2, -0.15) is 0 Å². The van der Waals surface area contributed by atoms with Gasteiger partial charge in [-0.15, -0.1) is 0 Å². The van der Waals surface area contributed by atoms with E-state index in [1.165, 1.54) is 0 Å². The van der Waals surface area contributed by atoms with E-state index in [4.69, 9.17) is 9.47 Å². The van der Waals surface area contributed by atoms with Crippen LogP contribution in [0.25, 0.3) is 0 Å². The standard InChI is InChI=1S/C23H30N4O4/c1-17(26(2)16-22(28)24-18-6-10-21(30-3)11-7-18)23(29)25-19-4-8-20(9-5-19)27-12-14-31-15-13-27/h4-11,17H,12-16H2,1-3H3,(H,24,28)(H,25,29)/t17-/m1/s1. The third-order valence-electron chi connectivity index (χ3n) is 5.32. The van der Waals surface area contributed by atoms with Gasteiger partial charge >= 0.3 is 0 Å². The molecule has 8 heteroatoms. The molecule has 2 aromatic carbocycles. The maximum absolute atomic E-state index is 12.6. The normalized spacial score (nSPS) is 14.8. The number of likely N-dealkylation sites (N-methyl/N-ethyl adjacent to an activating group) is 1. The van der Waals surface area contributed by atoms with Gasteiger partial charge in [0.05, 0.1) is 32.9 Å². The first-order valence-corrected chi connectivity index (χ1v) is 10.3. The molecular formula is C23H30N4O4. The Labute approximate surface area is 183 Å². The predicted molar refractivity (Wildman–Crippen MR) is 122 cm³/mol. The van der Waals surface area contributed by atoms with E-state index >= 15 is 0 Å². The Hall–Kier alpha value is -3.10. The van der Waals surface area contributed by atoms with Gasteiger partial charge in [0.15, 0.2) is 0 Å². The largest absolute Gasteiger partial charge is 0.497 e. The van der Waals surface area contributed by atoms with Gasteiger partial charge in [0.1, 0.15) is 5.75 Å². The number of anilines is 3. The maximum atomic E-state index is 12.6. The molecule has 1 saturated heterocycles. The van der Waals surface area contributed by atoms with E-state index in [0.29, 0.717) is 5.69 Å². The number of benzene rings is 2. The first-order valence-electron chi connectivity index (χ1n) is 10.3. The average Bonchev–Trinajstić information content (AvgIpc) is 2.80. The molecule has 1 fully saturated rings. The number of nitrogens with zero attached hydrogens (tertiary/aromatic N) is 2. The summed E-state index contributed by atoms with van der Waals surface area (Å²) < 4.78 is 10.5. The fourth-order valence-electron chi connectivity index (χ4n) is 3.26. The van der Waals surface area contributed by atoms with E-state index < -0.39 is 6.04 Å². The Morgan fingerprint density at radius 2 is 1.61 bits per heavy atom. The SMILES string of the molecule is COc1ccc(NC(=O)CN(C)[C@H](C)C(=O)Nc2ccc(N3CCOCC3)cc2)cc1. The molecule has 31 heavy (non-hydrogen) atoms. The van der Waals surface area contributed by atoms with Crippen molar-refractivity contribution >= 4 is 28.9 Å². The topological polar surface area (TPSA) is 83.1 Å². The van der Waals surface area contributed by atoms with Crippen molar-refractivity contribution in [1.29, 1.82) is 0 Å². The van der Waals surface area contributed by atoms with Crippen LogP contribution in [0.4, 0.5) is 17.1 Å². The van der Waals surface area contributed by atoms with Gasteiger partial charge < -0.3 is 25.0 Å². The minimum Gasteiger partial charge on any atom is -0.497 e. The van der Waals surface area contributed by atoms with E-state index in [1.807, 2.05) is 24.3 Å². The van der Waals surface area contributed by atoms with Gasteiger partial charge in [-0.3, -0.25) is 14.5 Å². The van der Waals surface area contributed by atoms with Crippen molar-refractivity contribution in [3.63, 3.8) is 0 Å². The second-order valence-corrected chi connectivity index (χ2v) is 7.50. The summed E-state index contributed by atoms with van der Waals surface area (Å²) in [5.74, 6) is 0.361. The number of hydrogen-bond acceptors (Lipinski definition) is 6. The van der Waals surface area contributed by atoms with Gasteiger partial charge in [-0.1, -0.05) is 0 Å². The van der Waals surface area contributed by atoms with Crippen molar-refractivity contribution in [3.05, 3.63) is 48.5 Å². The second-order valence-electron chi connectivity index (χ2n) is 7.50. The van der Waals surface area contributed by atoms with Crippen LogP contribution >= 0.6 is 0 Å². The summed E-state index contributed by atoms with van der Waals surface area (Å²) in [7, 11) is 3.34. The summed E-state index contributed by atoms with van der Waals surface area (Å²) in [5.41, 5.74) is 2.52. The Bertz CT molecular complexity index is 864. The molecule has 2 N–H and O–H groups in total. The molecule has 0 unspecified atom stereocenters. The first kappa shape index (κ1) is 22.6. The van der Waals surface area contributed by atoms with E-state index in [2.05, 4.69) is 15.5 Å². The molecule has 2 aromatic rings. The van der Waals surface area contributed by atoms with Gasteiger partial charge in [0.25, 0.3) is 0 Å². The molecular weight excluding hydrogens is 396 g/mol. The van der Waals surface area contributed by atoms with E-state index in [0.717, 1.165) is 43.4 Å². The molecule has 0 aromatic heterocycles. The second kappa shape index (κ2) is 10.8. The average molecular weight is 427 g/mol. The number of methoxy groups -OCH3 is 1. The van der Waals surface area contributed by atoms with Crippen molar-refractivity contribution in [1.82, 2.24) is 4.90 Å². The summed E-state index contributed by atoms with van der Waals surface area (Å²) in [6.45, 7) is 5.07. The number of morpholine rings is 1. The van der Waals surface area contributed by atoms with Crippen LogP contribution in [0.1, 0.15) is 6.92 Å². The first-order chi connectivity index (χ1) is 15.0. The summed E-state index contributed by atoms with van der Waals surface area (Å²) in [6, 6.07) is 14.4. The third-order valence-corrected chi connectivity index (χ3v) is 5.32. The highest BCUT2D eigenvalue weighted by molar-refractivity contribution is 5.96. The summed E-state index contributed by atoms with van der Waals surface area (Å²) in [5, 5.41) is 5.74. The number of rotatable bonds is 8. The zero-order valence-electron chi connectivity index (χ0n) is 18.3. The Morgan fingerprint density at radius 1 is 1.03 bits per heavy atom. The zero-order valence-corrected chi connectivity index (χ0v) is 18.3. The molecule has 3 rings (SSSR count). The van der Waals surface area contributed by atoms with Crippen LogP contribution in [0.3, 0.4) is 0 Å². The molecule has 1 aliphatic heterocycles. The van der Waals surface area contributed by atoms with Crippen molar-refractivity contribution in [2.75, 3.05) is 62.5 Å². The minimum absolute atomic E-state index is 0.0938.